The van der Waals surface area contributed by atoms with Crippen molar-refractivity contribution in [2.75, 3.05) is 0 Å². The summed E-state index contributed by atoms with van der Waals surface area (Å²) in [6.45, 7) is 4.35. The molecule has 2 aromatic carbocycles. The van der Waals surface area contributed by atoms with Crippen LogP contribution in [0.3, 0.4) is 0 Å². The Hall–Kier alpha value is -1.96. The molecule has 1 nitrogen and oxygen atoms in total. The molecule has 0 aliphatic rings. The molecule has 0 aliphatic heterocycles. The van der Waals surface area contributed by atoms with Crippen LogP contribution in [0.2, 0.25) is 0 Å². The van der Waals surface area contributed by atoms with Gasteiger partial charge in [0.25, 0.3) is 0 Å². The van der Waals surface area contributed by atoms with Crippen LogP contribution in [0.1, 0.15) is 42.1 Å². The molecule has 1 atom stereocenters. The maximum atomic E-state index is 13.6. The highest BCUT2D eigenvalue weighted by Crippen LogP contribution is 2.25. The van der Waals surface area contributed by atoms with Gasteiger partial charge in [0.2, 0.25) is 0 Å². The molecule has 98 valence electrons. The van der Waals surface area contributed by atoms with E-state index in [9.17, 15) is 9.18 Å². The Labute approximate surface area is 113 Å². The van der Waals surface area contributed by atoms with Gasteiger partial charge in [-0.2, -0.15) is 0 Å². The number of hydrogen-bond donors (Lipinski definition) is 0. The molecule has 0 amide bonds. The summed E-state index contributed by atoms with van der Waals surface area (Å²) in [5, 5.41) is 0. The second-order valence-corrected chi connectivity index (χ2v) is 4.79. The van der Waals surface area contributed by atoms with Gasteiger partial charge in [-0.15, -0.1) is 0 Å². The van der Waals surface area contributed by atoms with E-state index in [1.165, 1.54) is 17.7 Å². The predicted octanol–water partition coefficient (Wildman–Crippen LogP) is 4.82. The van der Waals surface area contributed by atoms with Crippen molar-refractivity contribution in [3.05, 3.63) is 59.4 Å². The van der Waals surface area contributed by atoms with Gasteiger partial charge in [-0.05, 0) is 41.2 Å². The Morgan fingerprint density at radius 1 is 1.11 bits per heavy atom. The molecule has 1 unspecified atom stereocenters. The Morgan fingerprint density at radius 3 is 2.26 bits per heavy atom. The fraction of sp³-hybridized carbons (Fsp3) is 0.235. The monoisotopic (exact) mass is 256 g/mol. The minimum absolute atomic E-state index is 0.0972. The zero-order valence-corrected chi connectivity index (χ0v) is 11.2. The molecule has 0 N–H and O–H groups in total. The Kier molecular flexibility index (Phi) is 4.10. The minimum Gasteiger partial charge on any atom is -0.298 e. The van der Waals surface area contributed by atoms with E-state index in [2.05, 4.69) is 26.0 Å². The average molecular weight is 256 g/mol. The van der Waals surface area contributed by atoms with Crippen LogP contribution in [-0.2, 0) is 0 Å². The van der Waals surface area contributed by atoms with E-state index in [1.54, 1.807) is 6.07 Å². The van der Waals surface area contributed by atoms with Crippen LogP contribution in [-0.4, -0.2) is 6.29 Å². The maximum Gasteiger partial charge on any atom is 0.152 e. The highest BCUT2D eigenvalue weighted by molar-refractivity contribution is 5.77. The third-order valence-corrected chi connectivity index (χ3v) is 3.55. The van der Waals surface area contributed by atoms with Gasteiger partial charge in [0, 0.05) is 0 Å². The van der Waals surface area contributed by atoms with Crippen molar-refractivity contribution < 1.29 is 9.18 Å². The van der Waals surface area contributed by atoms with Crippen LogP contribution in [0, 0.1) is 5.82 Å². The SMILES string of the molecule is CCC(C)c1ccc(-c2ccc(C=O)c(F)c2)cc1. The standard InChI is InChI=1S/C17H17FO/c1-3-12(2)13-4-6-14(7-5-13)15-8-9-16(11-19)17(18)10-15/h4-12H,3H2,1-2H3. The molecule has 0 fully saturated rings. The number of benzene rings is 2. The topological polar surface area (TPSA) is 17.1 Å². The van der Waals surface area contributed by atoms with Crippen LogP contribution < -0.4 is 0 Å². The molecule has 0 aliphatic carbocycles. The van der Waals surface area contributed by atoms with E-state index in [4.69, 9.17) is 0 Å². The highest BCUT2D eigenvalue weighted by atomic mass is 19.1. The van der Waals surface area contributed by atoms with Gasteiger partial charge in [0.15, 0.2) is 6.29 Å². The van der Waals surface area contributed by atoms with Gasteiger partial charge in [-0.3, -0.25) is 4.79 Å². The molecular formula is C17H17FO. The molecular weight excluding hydrogens is 239 g/mol. The Morgan fingerprint density at radius 2 is 1.74 bits per heavy atom. The summed E-state index contributed by atoms with van der Waals surface area (Å²) in [6, 6.07) is 12.8. The molecule has 0 aromatic heterocycles. The third-order valence-electron chi connectivity index (χ3n) is 3.55. The van der Waals surface area contributed by atoms with Crippen LogP contribution in [0.5, 0.6) is 0 Å². The number of carbonyl (C=O) groups excluding carboxylic acids is 1. The van der Waals surface area contributed by atoms with E-state index in [0.29, 0.717) is 12.2 Å². The maximum absolute atomic E-state index is 13.6. The molecule has 2 aromatic rings. The molecule has 0 radical (unpaired) electrons. The van der Waals surface area contributed by atoms with Gasteiger partial charge in [-0.1, -0.05) is 44.2 Å². The number of rotatable bonds is 4. The number of halogens is 1. The summed E-state index contributed by atoms with van der Waals surface area (Å²) >= 11 is 0. The summed E-state index contributed by atoms with van der Waals surface area (Å²) in [6.07, 6.45) is 1.63. The lowest BCUT2D eigenvalue weighted by Gasteiger charge is -2.10. The van der Waals surface area contributed by atoms with Gasteiger partial charge < -0.3 is 0 Å². The second kappa shape index (κ2) is 5.79. The smallest absolute Gasteiger partial charge is 0.152 e. The van der Waals surface area contributed by atoms with E-state index in [1.807, 2.05) is 12.1 Å². The van der Waals surface area contributed by atoms with Crippen LogP contribution in [0.4, 0.5) is 4.39 Å². The second-order valence-electron chi connectivity index (χ2n) is 4.79. The Bertz CT molecular complexity index is 572. The average Bonchev–Trinajstić information content (AvgIpc) is 2.46. The van der Waals surface area contributed by atoms with E-state index >= 15 is 0 Å². The molecule has 2 rings (SSSR count). The van der Waals surface area contributed by atoms with E-state index in [0.717, 1.165) is 17.5 Å². The van der Waals surface area contributed by atoms with E-state index < -0.39 is 5.82 Å². The number of hydrogen-bond acceptors (Lipinski definition) is 1. The van der Waals surface area contributed by atoms with Crippen molar-refractivity contribution in [3.63, 3.8) is 0 Å². The van der Waals surface area contributed by atoms with Crippen molar-refractivity contribution in [1.82, 2.24) is 0 Å². The van der Waals surface area contributed by atoms with Crippen molar-refractivity contribution in [1.29, 1.82) is 0 Å². The fourth-order valence-electron chi connectivity index (χ4n) is 2.04. The molecule has 19 heavy (non-hydrogen) atoms. The zero-order chi connectivity index (χ0) is 13.8. The van der Waals surface area contributed by atoms with Gasteiger partial charge >= 0.3 is 0 Å². The van der Waals surface area contributed by atoms with E-state index in [-0.39, 0.29) is 5.56 Å². The lowest BCUT2D eigenvalue weighted by molar-refractivity contribution is 0.112. The quantitative estimate of drug-likeness (QED) is 0.717. The third kappa shape index (κ3) is 2.90. The predicted molar refractivity (Wildman–Crippen MR) is 75.9 cm³/mol. The lowest BCUT2D eigenvalue weighted by Crippen LogP contribution is -1.91. The first-order chi connectivity index (χ1) is 9.15. The van der Waals surface area contributed by atoms with Gasteiger partial charge in [0.1, 0.15) is 5.82 Å². The van der Waals surface area contributed by atoms with Crippen molar-refractivity contribution in [3.8, 4) is 11.1 Å². The number of aldehydes is 1. The van der Waals surface area contributed by atoms with Crippen molar-refractivity contribution in [2.45, 2.75) is 26.2 Å². The molecule has 0 saturated heterocycles. The highest BCUT2D eigenvalue weighted by Gasteiger charge is 2.06. The summed E-state index contributed by atoms with van der Waals surface area (Å²) in [4.78, 5) is 10.6. The van der Waals surface area contributed by atoms with Crippen LogP contribution in [0.25, 0.3) is 11.1 Å². The molecule has 2 heteroatoms. The minimum atomic E-state index is -0.474. The first kappa shape index (κ1) is 13.5. The molecule has 0 bridgehead atoms. The van der Waals surface area contributed by atoms with Crippen LogP contribution in [0.15, 0.2) is 42.5 Å². The summed E-state index contributed by atoms with van der Waals surface area (Å²) in [7, 11) is 0. The molecule has 0 heterocycles. The zero-order valence-electron chi connectivity index (χ0n) is 11.2. The van der Waals surface area contributed by atoms with Gasteiger partial charge in [0.05, 0.1) is 5.56 Å². The Balaban J connectivity index is 2.32. The summed E-state index contributed by atoms with van der Waals surface area (Å²) < 4.78 is 13.6. The number of carbonyl (C=O) groups is 1. The van der Waals surface area contributed by atoms with Crippen molar-refractivity contribution in [2.24, 2.45) is 0 Å². The first-order valence-corrected chi connectivity index (χ1v) is 6.50. The fourth-order valence-corrected chi connectivity index (χ4v) is 2.04. The van der Waals surface area contributed by atoms with Gasteiger partial charge in [-0.25, -0.2) is 4.39 Å². The van der Waals surface area contributed by atoms with Crippen molar-refractivity contribution >= 4 is 6.29 Å². The summed E-state index contributed by atoms with van der Waals surface area (Å²) in [5.41, 5.74) is 3.14. The largest absolute Gasteiger partial charge is 0.298 e. The molecule has 0 spiro atoms. The lowest BCUT2D eigenvalue weighted by atomic mass is 9.95. The first-order valence-electron chi connectivity index (χ1n) is 6.50. The summed E-state index contributed by atoms with van der Waals surface area (Å²) in [5.74, 6) is 0.0572. The van der Waals surface area contributed by atoms with Crippen LogP contribution >= 0.6 is 0 Å². The molecule has 0 saturated carbocycles. The normalized spacial score (nSPS) is 12.2.